The lowest BCUT2D eigenvalue weighted by Gasteiger charge is -2.17. The van der Waals surface area contributed by atoms with Gasteiger partial charge in [0.25, 0.3) is 0 Å². The van der Waals surface area contributed by atoms with Crippen LogP contribution < -0.4 is 15.4 Å². The van der Waals surface area contributed by atoms with Gasteiger partial charge in [0, 0.05) is 31.9 Å². The normalized spacial score (nSPS) is 10.6. The number of aromatic nitrogens is 3. The van der Waals surface area contributed by atoms with E-state index in [4.69, 9.17) is 4.74 Å². The number of hydrogen-bond donors (Lipinski definition) is 2. The molecule has 34 heavy (non-hydrogen) atoms. The van der Waals surface area contributed by atoms with Gasteiger partial charge in [0.2, 0.25) is 17.8 Å². The van der Waals surface area contributed by atoms with Crippen LogP contribution in [0.15, 0.2) is 48.8 Å². The van der Waals surface area contributed by atoms with Crippen LogP contribution >= 0.6 is 0 Å². The topological polar surface area (TPSA) is 101 Å². The van der Waals surface area contributed by atoms with Crippen LogP contribution in [0.2, 0.25) is 0 Å². The van der Waals surface area contributed by atoms with Crippen LogP contribution in [0.3, 0.4) is 0 Å². The summed E-state index contributed by atoms with van der Waals surface area (Å²) < 4.78 is 20.8. The molecule has 0 aliphatic carbocycles. The summed E-state index contributed by atoms with van der Waals surface area (Å²) in [5, 5.41) is 9.69. The molecular weight excluding hydrogens is 439 g/mol. The van der Waals surface area contributed by atoms with Crippen molar-refractivity contribution in [3.63, 3.8) is 0 Å². The van der Waals surface area contributed by atoms with Gasteiger partial charge in [-0.2, -0.15) is 9.49 Å². The van der Waals surface area contributed by atoms with Gasteiger partial charge < -0.3 is 20.3 Å². The number of nitrogens with zero attached hydrogens (tertiary/aromatic N) is 4. The maximum Gasteiger partial charge on any atom is 0.244 e. The summed E-state index contributed by atoms with van der Waals surface area (Å²) in [6.07, 6.45) is 3.19. The third kappa shape index (κ3) is 7.58. The zero-order chi connectivity index (χ0) is 24.5. The number of nitrogens with one attached hydrogen (secondary N) is 2. The van der Waals surface area contributed by atoms with Gasteiger partial charge in [-0.15, -0.1) is 0 Å². The molecule has 0 aliphatic rings. The number of amides is 2. The minimum atomic E-state index is -0.599. The number of benzene rings is 1. The molecule has 180 valence electrons. The predicted molar refractivity (Wildman–Crippen MR) is 127 cm³/mol. The molecule has 0 fully saturated rings. The van der Waals surface area contributed by atoms with Crippen molar-refractivity contribution in [3.05, 3.63) is 66.0 Å². The number of likely N-dealkylation sites (N-methyl/N-ethyl adjacent to an activating group) is 1. The van der Waals surface area contributed by atoms with Gasteiger partial charge in [-0.3, -0.25) is 14.3 Å². The Hall–Kier alpha value is -3.95. The molecule has 3 rings (SSSR count). The average Bonchev–Trinajstić information content (AvgIpc) is 3.23. The number of hydrogen-bond acceptors (Lipinski definition) is 6. The Labute approximate surface area is 197 Å². The Bertz CT molecular complexity index is 1120. The molecule has 0 atom stereocenters. The van der Waals surface area contributed by atoms with Crippen molar-refractivity contribution in [3.8, 4) is 5.75 Å². The van der Waals surface area contributed by atoms with Gasteiger partial charge >= 0.3 is 0 Å². The molecule has 2 N–H and O–H groups in total. The van der Waals surface area contributed by atoms with Crippen molar-refractivity contribution >= 4 is 23.2 Å². The summed E-state index contributed by atoms with van der Waals surface area (Å²) in [6, 6.07) is 11.0. The summed E-state index contributed by atoms with van der Waals surface area (Å²) in [5.41, 5.74) is 2.46. The van der Waals surface area contributed by atoms with E-state index in [2.05, 4.69) is 20.7 Å². The van der Waals surface area contributed by atoms with Gasteiger partial charge in [-0.1, -0.05) is 17.7 Å². The Morgan fingerprint density at radius 3 is 2.65 bits per heavy atom. The Morgan fingerprint density at radius 1 is 1.15 bits per heavy atom. The van der Waals surface area contributed by atoms with Gasteiger partial charge in [0.05, 0.1) is 24.1 Å². The molecule has 3 aromatic rings. The van der Waals surface area contributed by atoms with E-state index in [0.29, 0.717) is 24.5 Å². The van der Waals surface area contributed by atoms with Crippen molar-refractivity contribution < 1.29 is 18.7 Å². The minimum absolute atomic E-state index is 0.0398. The van der Waals surface area contributed by atoms with Gasteiger partial charge in [-0.05, 0) is 38.1 Å². The van der Waals surface area contributed by atoms with E-state index >= 15 is 0 Å². The second kappa shape index (κ2) is 11.8. The van der Waals surface area contributed by atoms with E-state index in [1.165, 1.54) is 10.9 Å². The predicted octanol–water partition coefficient (Wildman–Crippen LogP) is 3.01. The van der Waals surface area contributed by atoms with Gasteiger partial charge in [0.15, 0.2) is 0 Å². The number of anilines is 2. The zero-order valence-corrected chi connectivity index (χ0v) is 19.5. The fraction of sp³-hybridized carbons (Fsp3) is 0.333. The average molecular weight is 469 g/mol. The standard InChI is InChI=1S/C24H29FN6O3/c1-17-4-7-20(8-5-17)34-13-12-30(3)23(33)16-31-15-19(14-27-31)29-22(32)10-11-26-21-9-6-18(2)28-24(21)25/h4-9,14-15,26H,10-13,16H2,1-3H3,(H,29,32). The number of ether oxygens (including phenoxy) is 1. The SMILES string of the molecule is Cc1ccc(OCCN(C)C(=O)Cn2cc(NC(=O)CCNc3ccc(C)nc3F)cn2)cc1. The lowest BCUT2D eigenvalue weighted by Crippen LogP contribution is -2.33. The van der Waals surface area contributed by atoms with Crippen LogP contribution in [-0.2, 0) is 16.1 Å². The zero-order valence-electron chi connectivity index (χ0n) is 19.5. The third-order valence-corrected chi connectivity index (χ3v) is 5.01. The first-order chi connectivity index (χ1) is 16.3. The molecule has 2 heterocycles. The Kier molecular flexibility index (Phi) is 8.55. The van der Waals surface area contributed by atoms with Crippen LogP contribution in [0.5, 0.6) is 5.75 Å². The van der Waals surface area contributed by atoms with E-state index in [0.717, 1.165) is 11.3 Å². The molecule has 0 bridgehead atoms. The highest BCUT2D eigenvalue weighted by molar-refractivity contribution is 5.90. The van der Waals surface area contributed by atoms with E-state index in [9.17, 15) is 14.0 Å². The Balaban J connectivity index is 1.37. The number of carbonyl (C=O) groups is 2. The summed E-state index contributed by atoms with van der Waals surface area (Å²) in [7, 11) is 1.70. The summed E-state index contributed by atoms with van der Waals surface area (Å²) in [6.45, 7) is 4.80. The van der Waals surface area contributed by atoms with Crippen molar-refractivity contribution in [2.24, 2.45) is 0 Å². The number of carbonyl (C=O) groups excluding carboxylic acids is 2. The highest BCUT2D eigenvalue weighted by Gasteiger charge is 2.12. The van der Waals surface area contributed by atoms with Gasteiger partial charge in [0.1, 0.15) is 18.9 Å². The Morgan fingerprint density at radius 2 is 1.91 bits per heavy atom. The monoisotopic (exact) mass is 468 g/mol. The van der Waals surface area contributed by atoms with Crippen molar-refractivity contribution in [2.45, 2.75) is 26.8 Å². The number of rotatable bonds is 11. The quantitative estimate of drug-likeness (QED) is 0.420. The van der Waals surface area contributed by atoms with Crippen LogP contribution in [0.4, 0.5) is 15.8 Å². The van der Waals surface area contributed by atoms with E-state index in [1.807, 2.05) is 31.2 Å². The first-order valence-corrected chi connectivity index (χ1v) is 10.9. The third-order valence-electron chi connectivity index (χ3n) is 5.01. The van der Waals surface area contributed by atoms with Crippen LogP contribution in [-0.4, -0.2) is 58.2 Å². The fourth-order valence-corrected chi connectivity index (χ4v) is 3.02. The molecule has 1 aromatic carbocycles. The van der Waals surface area contributed by atoms with E-state index in [-0.39, 0.29) is 37.0 Å². The molecule has 2 amide bonds. The second-order valence-corrected chi connectivity index (χ2v) is 7.92. The lowest BCUT2D eigenvalue weighted by molar-refractivity contribution is -0.131. The second-order valence-electron chi connectivity index (χ2n) is 7.92. The largest absolute Gasteiger partial charge is 0.492 e. The van der Waals surface area contributed by atoms with Crippen molar-refractivity contribution in [1.29, 1.82) is 0 Å². The molecule has 2 aromatic heterocycles. The highest BCUT2D eigenvalue weighted by atomic mass is 19.1. The fourth-order valence-electron chi connectivity index (χ4n) is 3.02. The molecule has 0 radical (unpaired) electrons. The van der Waals surface area contributed by atoms with E-state index in [1.54, 1.807) is 37.2 Å². The highest BCUT2D eigenvalue weighted by Crippen LogP contribution is 2.13. The molecular formula is C24H29FN6O3. The summed E-state index contributed by atoms with van der Waals surface area (Å²) in [4.78, 5) is 29.9. The maximum absolute atomic E-state index is 13.7. The van der Waals surface area contributed by atoms with Crippen LogP contribution in [0.1, 0.15) is 17.7 Å². The molecule has 10 heteroatoms. The van der Waals surface area contributed by atoms with Crippen molar-refractivity contribution in [1.82, 2.24) is 19.7 Å². The molecule has 0 saturated carbocycles. The first-order valence-electron chi connectivity index (χ1n) is 10.9. The van der Waals surface area contributed by atoms with Gasteiger partial charge in [-0.25, -0.2) is 4.98 Å². The number of halogens is 1. The maximum atomic E-state index is 13.7. The molecule has 0 unspecified atom stereocenters. The number of pyridine rings is 1. The molecule has 0 saturated heterocycles. The lowest BCUT2D eigenvalue weighted by atomic mass is 10.2. The minimum Gasteiger partial charge on any atom is -0.492 e. The summed E-state index contributed by atoms with van der Waals surface area (Å²) >= 11 is 0. The first kappa shape index (κ1) is 24.7. The summed E-state index contributed by atoms with van der Waals surface area (Å²) in [5.74, 6) is -0.233. The smallest absolute Gasteiger partial charge is 0.244 e. The van der Waals surface area contributed by atoms with Crippen LogP contribution in [0, 0.1) is 19.8 Å². The van der Waals surface area contributed by atoms with Crippen molar-refractivity contribution in [2.75, 3.05) is 37.4 Å². The molecule has 0 aliphatic heterocycles. The number of aryl methyl sites for hydroxylation is 2. The van der Waals surface area contributed by atoms with E-state index < -0.39 is 5.95 Å². The van der Waals surface area contributed by atoms with Crippen LogP contribution in [0.25, 0.3) is 0 Å². The molecule has 9 nitrogen and oxygen atoms in total. The molecule has 0 spiro atoms.